The summed E-state index contributed by atoms with van der Waals surface area (Å²) >= 11 is 0. The molecule has 1 fully saturated rings. The van der Waals surface area contributed by atoms with Crippen molar-refractivity contribution in [3.63, 3.8) is 0 Å². The number of hydrogen-bond donors (Lipinski definition) is 1. The van der Waals surface area contributed by atoms with Crippen LogP contribution in [-0.4, -0.2) is 24.0 Å². The topological polar surface area (TPSA) is 45.2 Å². The van der Waals surface area contributed by atoms with Gasteiger partial charge in [-0.15, -0.1) is 0 Å². The Morgan fingerprint density at radius 2 is 1.67 bits per heavy atom. The maximum atomic E-state index is 12.8. The van der Waals surface area contributed by atoms with Gasteiger partial charge in [-0.3, -0.25) is 4.79 Å². The molecule has 3 aromatic rings. The number of nitrogens with zero attached hydrogens (tertiary/aromatic N) is 2. The molecule has 4 nitrogen and oxygen atoms in total. The van der Waals surface area contributed by atoms with Gasteiger partial charge in [0.2, 0.25) is 0 Å². The number of amides is 1. The van der Waals surface area contributed by atoms with Gasteiger partial charge in [0.05, 0.1) is 11.1 Å². The number of fused-ring (bicyclic) bond motifs is 1. The van der Waals surface area contributed by atoms with Gasteiger partial charge in [0.25, 0.3) is 5.91 Å². The number of hydrogen-bond acceptors (Lipinski definition) is 3. The Labute approximate surface area is 141 Å². The quantitative estimate of drug-likeness (QED) is 0.791. The Kier molecular flexibility index (Phi) is 3.87. The van der Waals surface area contributed by atoms with E-state index in [1.54, 1.807) is 0 Å². The highest BCUT2D eigenvalue weighted by Gasteiger charge is 2.18. The molecule has 4 heteroatoms. The first-order chi connectivity index (χ1) is 11.8. The maximum Gasteiger partial charge on any atom is 0.256 e. The molecule has 1 aliphatic rings. The summed E-state index contributed by atoms with van der Waals surface area (Å²) in [7, 11) is 0. The van der Waals surface area contributed by atoms with Crippen LogP contribution >= 0.6 is 0 Å². The first kappa shape index (κ1) is 14.7. The number of nitrogens with one attached hydrogen (secondary N) is 1. The van der Waals surface area contributed by atoms with Gasteiger partial charge in [0.1, 0.15) is 5.82 Å². The van der Waals surface area contributed by atoms with Crippen molar-refractivity contribution in [3.05, 3.63) is 66.2 Å². The Morgan fingerprint density at radius 1 is 0.958 bits per heavy atom. The van der Waals surface area contributed by atoms with Gasteiger partial charge >= 0.3 is 0 Å². The first-order valence-corrected chi connectivity index (χ1v) is 8.32. The van der Waals surface area contributed by atoms with E-state index in [1.807, 2.05) is 60.7 Å². The lowest BCUT2D eigenvalue weighted by atomic mass is 10.1. The number of pyridine rings is 1. The molecule has 0 atom stereocenters. The Bertz CT molecular complexity index is 870. The lowest BCUT2D eigenvalue weighted by Gasteiger charge is -2.18. The minimum absolute atomic E-state index is 0.0970. The van der Waals surface area contributed by atoms with E-state index in [2.05, 4.69) is 10.2 Å². The van der Waals surface area contributed by atoms with Gasteiger partial charge in [-0.2, -0.15) is 0 Å². The summed E-state index contributed by atoms with van der Waals surface area (Å²) in [4.78, 5) is 19.8. The minimum Gasteiger partial charge on any atom is -0.357 e. The Balaban J connectivity index is 1.76. The van der Waals surface area contributed by atoms with Crippen LogP contribution in [0.1, 0.15) is 23.2 Å². The normalized spacial score (nSPS) is 14.1. The number of para-hydroxylation sites is 2. The highest BCUT2D eigenvalue weighted by molar-refractivity contribution is 6.13. The fourth-order valence-corrected chi connectivity index (χ4v) is 3.18. The molecule has 120 valence electrons. The third-order valence-electron chi connectivity index (χ3n) is 4.41. The summed E-state index contributed by atoms with van der Waals surface area (Å²) in [5.74, 6) is 0.796. The van der Waals surface area contributed by atoms with Crippen molar-refractivity contribution < 1.29 is 4.79 Å². The molecule has 0 saturated carbocycles. The summed E-state index contributed by atoms with van der Waals surface area (Å²) in [5.41, 5.74) is 2.33. The molecule has 0 radical (unpaired) electrons. The summed E-state index contributed by atoms with van der Waals surface area (Å²) < 4.78 is 0. The summed E-state index contributed by atoms with van der Waals surface area (Å²) in [5, 5.41) is 3.87. The van der Waals surface area contributed by atoms with E-state index in [1.165, 1.54) is 12.8 Å². The van der Waals surface area contributed by atoms with Crippen LogP contribution < -0.4 is 10.2 Å². The molecule has 1 saturated heterocycles. The first-order valence-electron chi connectivity index (χ1n) is 8.32. The standard InChI is InChI=1S/C20H19N3O/c24-20(21-15-8-2-1-3-9-15)17-14-19(23-12-6-7-13-23)22-18-11-5-4-10-16(17)18/h1-5,8-11,14H,6-7,12-13H2,(H,21,24). The van der Waals surface area contributed by atoms with Crippen molar-refractivity contribution in [2.75, 3.05) is 23.3 Å². The molecule has 24 heavy (non-hydrogen) atoms. The predicted octanol–water partition coefficient (Wildman–Crippen LogP) is 4.09. The molecule has 2 aromatic carbocycles. The molecule has 4 rings (SSSR count). The Morgan fingerprint density at radius 3 is 2.46 bits per heavy atom. The lowest BCUT2D eigenvalue weighted by Crippen LogP contribution is -2.20. The van der Waals surface area contributed by atoms with Crippen molar-refractivity contribution in [1.29, 1.82) is 0 Å². The number of benzene rings is 2. The third-order valence-corrected chi connectivity index (χ3v) is 4.41. The molecule has 0 spiro atoms. The van der Waals surface area contributed by atoms with E-state index < -0.39 is 0 Å². The van der Waals surface area contributed by atoms with E-state index in [4.69, 9.17) is 4.98 Å². The second-order valence-corrected chi connectivity index (χ2v) is 6.06. The average molecular weight is 317 g/mol. The molecule has 1 N–H and O–H groups in total. The second kappa shape index (κ2) is 6.32. The van der Waals surface area contributed by atoms with Crippen molar-refractivity contribution in [1.82, 2.24) is 4.98 Å². The van der Waals surface area contributed by atoms with Crippen LogP contribution in [0.15, 0.2) is 60.7 Å². The fourth-order valence-electron chi connectivity index (χ4n) is 3.18. The summed E-state index contributed by atoms with van der Waals surface area (Å²) in [6.07, 6.45) is 2.36. The smallest absolute Gasteiger partial charge is 0.256 e. The maximum absolute atomic E-state index is 12.8. The van der Waals surface area contributed by atoms with Crippen LogP contribution in [0.5, 0.6) is 0 Å². The lowest BCUT2D eigenvalue weighted by molar-refractivity contribution is 0.102. The zero-order valence-electron chi connectivity index (χ0n) is 13.4. The molecule has 1 amide bonds. The van der Waals surface area contributed by atoms with Gasteiger partial charge in [0.15, 0.2) is 0 Å². The number of carbonyl (C=O) groups excluding carboxylic acids is 1. The van der Waals surface area contributed by atoms with E-state index in [0.717, 1.165) is 35.5 Å². The predicted molar refractivity (Wildman–Crippen MR) is 97.6 cm³/mol. The fraction of sp³-hybridized carbons (Fsp3) is 0.200. The van der Waals surface area contributed by atoms with Crippen LogP contribution in [0.2, 0.25) is 0 Å². The van der Waals surface area contributed by atoms with E-state index in [0.29, 0.717) is 5.56 Å². The number of rotatable bonds is 3. The zero-order chi connectivity index (χ0) is 16.4. The van der Waals surface area contributed by atoms with Crippen molar-refractivity contribution in [2.45, 2.75) is 12.8 Å². The summed E-state index contributed by atoms with van der Waals surface area (Å²) in [6, 6.07) is 19.3. The van der Waals surface area contributed by atoms with Gasteiger partial charge in [-0.1, -0.05) is 36.4 Å². The van der Waals surface area contributed by atoms with E-state index in [-0.39, 0.29) is 5.91 Å². The van der Waals surface area contributed by atoms with Crippen LogP contribution in [0.25, 0.3) is 10.9 Å². The SMILES string of the molecule is O=C(Nc1ccccc1)c1cc(N2CCCC2)nc2ccccc12. The van der Waals surface area contributed by atoms with Crippen LogP contribution in [0.3, 0.4) is 0 Å². The van der Waals surface area contributed by atoms with Gasteiger partial charge in [-0.05, 0) is 37.1 Å². The number of carbonyl (C=O) groups is 1. The van der Waals surface area contributed by atoms with Crippen molar-refractivity contribution in [3.8, 4) is 0 Å². The van der Waals surface area contributed by atoms with Gasteiger partial charge in [-0.25, -0.2) is 4.98 Å². The average Bonchev–Trinajstić information content (AvgIpc) is 3.16. The molecular formula is C20H19N3O. The highest BCUT2D eigenvalue weighted by Crippen LogP contribution is 2.26. The molecule has 0 bridgehead atoms. The van der Waals surface area contributed by atoms with E-state index in [9.17, 15) is 4.79 Å². The Hall–Kier alpha value is -2.88. The molecule has 2 heterocycles. The molecule has 0 aliphatic carbocycles. The zero-order valence-corrected chi connectivity index (χ0v) is 13.4. The van der Waals surface area contributed by atoms with E-state index >= 15 is 0 Å². The molecule has 1 aliphatic heterocycles. The van der Waals surface area contributed by atoms with Crippen LogP contribution in [0.4, 0.5) is 11.5 Å². The molecule has 1 aromatic heterocycles. The number of anilines is 2. The van der Waals surface area contributed by atoms with Crippen molar-refractivity contribution >= 4 is 28.3 Å². The molecular weight excluding hydrogens is 298 g/mol. The van der Waals surface area contributed by atoms with Crippen molar-refractivity contribution in [2.24, 2.45) is 0 Å². The van der Waals surface area contributed by atoms with Crippen LogP contribution in [0, 0.1) is 0 Å². The summed E-state index contributed by atoms with van der Waals surface area (Å²) in [6.45, 7) is 2.01. The monoisotopic (exact) mass is 317 g/mol. The second-order valence-electron chi connectivity index (χ2n) is 6.06. The third kappa shape index (κ3) is 2.83. The van der Waals surface area contributed by atoms with Gasteiger partial charge < -0.3 is 10.2 Å². The minimum atomic E-state index is -0.0970. The van der Waals surface area contributed by atoms with Crippen LogP contribution in [-0.2, 0) is 0 Å². The number of aromatic nitrogens is 1. The van der Waals surface area contributed by atoms with Gasteiger partial charge in [0, 0.05) is 24.2 Å². The molecule has 0 unspecified atom stereocenters. The highest BCUT2D eigenvalue weighted by atomic mass is 16.1. The largest absolute Gasteiger partial charge is 0.357 e.